The first kappa shape index (κ1) is 17.5. The van der Waals surface area contributed by atoms with Crippen molar-refractivity contribution in [2.75, 3.05) is 18.5 Å². The third-order valence-corrected chi connectivity index (χ3v) is 3.50. The molecule has 0 aliphatic carbocycles. The van der Waals surface area contributed by atoms with Crippen LogP contribution in [-0.4, -0.2) is 25.1 Å². The van der Waals surface area contributed by atoms with Crippen LogP contribution in [0.15, 0.2) is 42.5 Å². The number of carbonyl (C=O) groups excluding carboxylic acids is 2. The minimum Gasteiger partial charge on any atom is -0.494 e. The van der Waals surface area contributed by atoms with Gasteiger partial charge in [0.15, 0.2) is 0 Å². The minimum absolute atomic E-state index is 0.248. The van der Waals surface area contributed by atoms with Crippen LogP contribution in [0.3, 0.4) is 0 Å². The van der Waals surface area contributed by atoms with Gasteiger partial charge in [-0.15, -0.1) is 0 Å². The normalized spacial score (nSPS) is 10.1. The molecule has 0 bridgehead atoms. The Morgan fingerprint density at radius 3 is 2.33 bits per heavy atom. The van der Waals surface area contributed by atoms with Crippen LogP contribution < -0.4 is 10.1 Å². The van der Waals surface area contributed by atoms with E-state index in [0.29, 0.717) is 35.6 Å². The van der Waals surface area contributed by atoms with Crippen LogP contribution in [0.4, 0.5) is 5.69 Å². The fourth-order valence-electron chi connectivity index (χ4n) is 2.26. The Morgan fingerprint density at radius 1 is 1.00 bits per heavy atom. The molecule has 5 nitrogen and oxygen atoms in total. The van der Waals surface area contributed by atoms with Gasteiger partial charge in [0.05, 0.1) is 18.8 Å². The van der Waals surface area contributed by atoms with Gasteiger partial charge in [-0.2, -0.15) is 0 Å². The summed E-state index contributed by atoms with van der Waals surface area (Å²) in [6.45, 7) is 6.32. The average Bonchev–Trinajstić information content (AvgIpc) is 2.58. The number of ether oxygens (including phenoxy) is 2. The highest BCUT2D eigenvalue weighted by atomic mass is 16.5. The lowest BCUT2D eigenvalue weighted by Gasteiger charge is -2.12. The fourth-order valence-corrected chi connectivity index (χ4v) is 2.26. The molecule has 0 saturated heterocycles. The molecule has 0 saturated carbocycles. The second kappa shape index (κ2) is 8.15. The van der Waals surface area contributed by atoms with Gasteiger partial charge in [0, 0.05) is 11.3 Å². The summed E-state index contributed by atoms with van der Waals surface area (Å²) in [5, 5.41) is 2.83. The number of hydrogen-bond donors (Lipinski definition) is 1. The van der Waals surface area contributed by atoms with Crippen LogP contribution in [0.2, 0.25) is 0 Å². The third kappa shape index (κ3) is 4.13. The summed E-state index contributed by atoms with van der Waals surface area (Å²) in [6.07, 6.45) is 0. The van der Waals surface area contributed by atoms with Gasteiger partial charge in [-0.05, 0) is 62.7 Å². The molecule has 2 rings (SSSR count). The van der Waals surface area contributed by atoms with Gasteiger partial charge in [-0.25, -0.2) is 4.79 Å². The first-order chi connectivity index (χ1) is 11.6. The summed E-state index contributed by atoms with van der Waals surface area (Å²) in [6, 6.07) is 12.0. The standard InChI is InChI=1S/C19H21NO4/c1-4-23-15-11-9-14(10-12-15)18(21)20-17-8-6-7-16(13(17)3)19(22)24-5-2/h6-12H,4-5H2,1-3H3,(H,20,21). The number of hydrogen-bond acceptors (Lipinski definition) is 4. The first-order valence-corrected chi connectivity index (χ1v) is 7.87. The molecular weight excluding hydrogens is 306 g/mol. The molecule has 1 N–H and O–H groups in total. The molecule has 2 aromatic rings. The van der Waals surface area contributed by atoms with E-state index in [4.69, 9.17) is 9.47 Å². The Morgan fingerprint density at radius 2 is 1.71 bits per heavy atom. The monoisotopic (exact) mass is 327 g/mol. The van der Waals surface area contributed by atoms with Crippen LogP contribution >= 0.6 is 0 Å². The van der Waals surface area contributed by atoms with Crippen molar-refractivity contribution in [2.24, 2.45) is 0 Å². The van der Waals surface area contributed by atoms with Crippen molar-refractivity contribution in [3.63, 3.8) is 0 Å². The quantitative estimate of drug-likeness (QED) is 0.819. The Balaban J connectivity index is 2.16. The predicted molar refractivity (Wildman–Crippen MR) is 92.7 cm³/mol. The number of nitrogens with one attached hydrogen (secondary N) is 1. The van der Waals surface area contributed by atoms with Crippen molar-refractivity contribution in [3.8, 4) is 5.75 Å². The Bertz CT molecular complexity index is 723. The molecule has 2 aromatic carbocycles. The third-order valence-electron chi connectivity index (χ3n) is 3.50. The topological polar surface area (TPSA) is 64.6 Å². The lowest BCUT2D eigenvalue weighted by atomic mass is 10.1. The Hall–Kier alpha value is -2.82. The van der Waals surface area contributed by atoms with Crippen LogP contribution in [0.25, 0.3) is 0 Å². The van der Waals surface area contributed by atoms with Crippen LogP contribution in [0.1, 0.15) is 40.1 Å². The lowest BCUT2D eigenvalue weighted by molar-refractivity contribution is 0.0525. The zero-order chi connectivity index (χ0) is 17.5. The van der Waals surface area contributed by atoms with Crippen LogP contribution in [0, 0.1) is 6.92 Å². The van der Waals surface area contributed by atoms with E-state index in [1.807, 2.05) is 6.92 Å². The number of esters is 1. The van der Waals surface area contributed by atoms with E-state index in [1.54, 1.807) is 56.3 Å². The molecule has 0 radical (unpaired) electrons. The fraction of sp³-hybridized carbons (Fsp3) is 0.263. The predicted octanol–water partition coefficient (Wildman–Crippen LogP) is 3.82. The van der Waals surface area contributed by atoms with E-state index in [2.05, 4.69) is 5.32 Å². The molecule has 126 valence electrons. The van der Waals surface area contributed by atoms with Gasteiger partial charge in [0.1, 0.15) is 5.75 Å². The van der Waals surface area contributed by atoms with E-state index >= 15 is 0 Å². The molecule has 1 amide bonds. The summed E-state index contributed by atoms with van der Waals surface area (Å²) in [7, 11) is 0. The van der Waals surface area contributed by atoms with Crippen molar-refractivity contribution < 1.29 is 19.1 Å². The van der Waals surface area contributed by atoms with Crippen molar-refractivity contribution in [1.29, 1.82) is 0 Å². The molecular formula is C19H21NO4. The number of benzene rings is 2. The van der Waals surface area contributed by atoms with Crippen molar-refractivity contribution in [3.05, 3.63) is 59.2 Å². The highest BCUT2D eigenvalue weighted by molar-refractivity contribution is 6.05. The van der Waals surface area contributed by atoms with Gasteiger partial charge in [0.2, 0.25) is 0 Å². The highest BCUT2D eigenvalue weighted by Gasteiger charge is 2.14. The number of amides is 1. The average molecular weight is 327 g/mol. The Labute approximate surface area is 141 Å². The van der Waals surface area contributed by atoms with E-state index in [9.17, 15) is 9.59 Å². The summed E-state index contributed by atoms with van der Waals surface area (Å²) >= 11 is 0. The van der Waals surface area contributed by atoms with Gasteiger partial charge in [-0.1, -0.05) is 6.07 Å². The van der Waals surface area contributed by atoms with Crippen molar-refractivity contribution >= 4 is 17.6 Å². The maximum absolute atomic E-state index is 12.4. The van der Waals surface area contributed by atoms with E-state index in [-0.39, 0.29) is 5.91 Å². The van der Waals surface area contributed by atoms with Gasteiger partial charge < -0.3 is 14.8 Å². The number of rotatable bonds is 6. The largest absolute Gasteiger partial charge is 0.494 e. The molecule has 5 heteroatoms. The summed E-state index contributed by atoms with van der Waals surface area (Å²) < 4.78 is 10.4. The number of carbonyl (C=O) groups is 2. The molecule has 0 spiro atoms. The van der Waals surface area contributed by atoms with Crippen LogP contribution in [-0.2, 0) is 4.74 Å². The SMILES string of the molecule is CCOC(=O)c1cccc(NC(=O)c2ccc(OCC)cc2)c1C. The van der Waals surface area contributed by atoms with Gasteiger partial charge >= 0.3 is 5.97 Å². The summed E-state index contributed by atoms with van der Waals surface area (Å²) in [5.41, 5.74) is 2.22. The van der Waals surface area contributed by atoms with Crippen molar-refractivity contribution in [1.82, 2.24) is 0 Å². The molecule has 0 atom stereocenters. The zero-order valence-corrected chi connectivity index (χ0v) is 14.1. The second-order valence-electron chi connectivity index (χ2n) is 5.11. The first-order valence-electron chi connectivity index (χ1n) is 7.87. The maximum atomic E-state index is 12.4. The zero-order valence-electron chi connectivity index (χ0n) is 14.1. The van der Waals surface area contributed by atoms with Gasteiger partial charge in [0.25, 0.3) is 5.91 Å². The smallest absolute Gasteiger partial charge is 0.338 e. The second-order valence-corrected chi connectivity index (χ2v) is 5.11. The summed E-state index contributed by atoms with van der Waals surface area (Å²) in [4.78, 5) is 24.3. The van der Waals surface area contributed by atoms with Gasteiger partial charge in [-0.3, -0.25) is 4.79 Å². The molecule has 0 unspecified atom stereocenters. The lowest BCUT2D eigenvalue weighted by Crippen LogP contribution is -2.14. The highest BCUT2D eigenvalue weighted by Crippen LogP contribution is 2.21. The molecule has 0 heterocycles. The molecule has 0 aliphatic heterocycles. The van der Waals surface area contributed by atoms with E-state index in [1.165, 1.54) is 0 Å². The molecule has 24 heavy (non-hydrogen) atoms. The number of anilines is 1. The molecule has 0 fully saturated rings. The van der Waals surface area contributed by atoms with Crippen molar-refractivity contribution in [2.45, 2.75) is 20.8 Å². The maximum Gasteiger partial charge on any atom is 0.338 e. The molecule has 0 aliphatic rings. The molecule has 0 aromatic heterocycles. The minimum atomic E-state index is -0.396. The summed E-state index contributed by atoms with van der Waals surface area (Å²) in [5.74, 6) is 0.0730. The van der Waals surface area contributed by atoms with Crippen LogP contribution in [0.5, 0.6) is 5.75 Å². The van der Waals surface area contributed by atoms with E-state index in [0.717, 1.165) is 5.75 Å². The van der Waals surface area contributed by atoms with E-state index < -0.39 is 5.97 Å². The Kier molecular flexibility index (Phi) is 5.95.